The van der Waals surface area contributed by atoms with E-state index in [4.69, 9.17) is 5.73 Å². The lowest BCUT2D eigenvalue weighted by Gasteiger charge is -2.33. The van der Waals surface area contributed by atoms with Gasteiger partial charge in [-0.1, -0.05) is 0 Å². The summed E-state index contributed by atoms with van der Waals surface area (Å²) in [4.78, 5) is 37.1. The van der Waals surface area contributed by atoms with Gasteiger partial charge in [-0.3, -0.25) is 13.9 Å². The molecule has 0 aromatic carbocycles. The second-order valence-corrected chi connectivity index (χ2v) is 7.68. The number of rotatable bonds is 4. The van der Waals surface area contributed by atoms with Gasteiger partial charge in [0.25, 0.3) is 5.56 Å². The van der Waals surface area contributed by atoms with Crippen LogP contribution in [0.15, 0.2) is 27.9 Å². The van der Waals surface area contributed by atoms with Crippen LogP contribution in [0.2, 0.25) is 0 Å². The van der Waals surface area contributed by atoms with Crippen molar-refractivity contribution >= 4 is 16.9 Å². The quantitative estimate of drug-likeness (QED) is 0.691. The van der Waals surface area contributed by atoms with Gasteiger partial charge in [-0.05, 0) is 32.8 Å². The normalized spacial score (nSPS) is 17.2. The van der Waals surface area contributed by atoms with Crippen molar-refractivity contribution in [2.75, 3.05) is 18.0 Å². The van der Waals surface area contributed by atoms with Crippen molar-refractivity contribution in [3.8, 4) is 0 Å². The van der Waals surface area contributed by atoms with E-state index >= 15 is 0 Å². The van der Waals surface area contributed by atoms with Crippen molar-refractivity contribution in [3.05, 3.63) is 50.7 Å². The maximum absolute atomic E-state index is 13.4. The molecule has 154 valence electrons. The Morgan fingerprint density at radius 3 is 2.76 bits per heavy atom. The molecule has 29 heavy (non-hydrogen) atoms. The van der Waals surface area contributed by atoms with Crippen LogP contribution in [-0.4, -0.2) is 42.8 Å². The summed E-state index contributed by atoms with van der Waals surface area (Å²) in [5.41, 5.74) is 7.43. The van der Waals surface area contributed by atoms with Gasteiger partial charge in [-0.15, -0.1) is 0 Å². The lowest BCUT2D eigenvalue weighted by Crippen LogP contribution is -2.43. The monoisotopic (exact) mass is 397 g/mol. The highest BCUT2D eigenvalue weighted by Gasteiger charge is 2.24. The lowest BCUT2D eigenvalue weighted by molar-refractivity contribution is 0.498. The molecule has 0 amide bonds. The Morgan fingerprint density at radius 1 is 1.28 bits per heavy atom. The number of piperidine rings is 1. The SMILES string of the molecule is CCn1c(N2CCC[C@@H](N)C2)cc2c1c(=O)n(Cc1nccc(C)n1)c(=O)n2C. The van der Waals surface area contributed by atoms with E-state index in [9.17, 15) is 9.59 Å². The van der Waals surface area contributed by atoms with E-state index in [1.807, 2.05) is 24.5 Å². The van der Waals surface area contributed by atoms with Gasteiger partial charge in [0, 0.05) is 50.7 Å². The Morgan fingerprint density at radius 2 is 2.07 bits per heavy atom. The molecule has 0 aliphatic carbocycles. The zero-order chi connectivity index (χ0) is 20.7. The average Bonchev–Trinajstić information content (AvgIpc) is 3.09. The molecule has 4 heterocycles. The molecule has 0 spiro atoms. The highest BCUT2D eigenvalue weighted by Crippen LogP contribution is 2.26. The zero-order valence-corrected chi connectivity index (χ0v) is 17.1. The van der Waals surface area contributed by atoms with Gasteiger partial charge in [-0.2, -0.15) is 0 Å². The van der Waals surface area contributed by atoms with Crippen LogP contribution >= 0.6 is 0 Å². The van der Waals surface area contributed by atoms with E-state index in [0.717, 1.165) is 37.4 Å². The fourth-order valence-electron chi connectivity index (χ4n) is 4.16. The van der Waals surface area contributed by atoms with Gasteiger partial charge < -0.3 is 15.2 Å². The predicted octanol–water partition coefficient (Wildman–Crippen LogP) is 0.596. The Bertz CT molecular complexity index is 1170. The Hall–Kier alpha value is -2.94. The van der Waals surface area contributed by atoms with Crippen molar-refractivity contribution in [3.63, 3.8) is 0 Å². The molecule has 1 aliphatic rings. The van der Waals surface area contributed by atoms with Crippen LogP contribution in [0.5, 0.6) is 0 Å². The number of hydrogen-bond acceptors (Lipinski definition) is 6. The lowest BCUT2D eigenvalue weighted by atomic mass is 10.1. The first-order valence-electron chi connectivity index (χ1n) is 10.0. The Kier molecular flexibility index (Phi) is 4.99. The summed E-state index contributed by atoms with van der Waals surface area (Å²) >= 11 is 0. The van der Waals surface area contributed by atoms with Crippen LogP contribution < -0.4 is 21.9 Å². The molecule has 2 N–H and O–H groups in total. The van der Waals surface area contributed by atoms with Crippen molar-refractivity contribution < 1.29 is 0 Å². The molecule has 0 radical (unpaired) electrons. The number of anilines is 1. The summed E-state index contributed by atoms with van der Waals surface area (Å²) in [5, 5.41) is 0. The molecular weight excluding hydrogens is 370 g/mol. The predicted molar refractivity (Wildman–Crippen MR) is 112 cm³/mol. The molecule has 4 rings (SSSR count). The van der Waals surface area contributed by atoms with Gasteiger partial charge in [-0.25, -0.2) is 14.8 Å². The average molecular weight is 397 g/mol. The molecule has 3 aromatic rings. The first-order chi connectivity index (χ1) is 13.9. The zero-order valence-electron chi connectivity index (χ0n) is 17.1. The molecule has 1 fully saturated rings. The number of nitrogens with two attached hydrogens (primary N) is 1. The second-order valence-electron chi connectivity index (χ2n) is 7.68. The van der Waals surface area contributed by atoms with Gasteiger partial charge in [0.2, 0.25) is 0 Å². The third-order valence-corrected chi connectivity index (χ3v) is 5.62. The molecular formula is C20H27N7O2. The van der Waals surface area contributed by atoms with Crippen molar-refractivity contribution in [1.29, 1.82) is 0 Å². The summed E-state index contributed by atoms with van der Waals surface area (Å²) in [6, 6.07) is 3.84. The van der Waals surface area contributed by atoms with E-state index < -0.39 is 0 Å². The van der Waals surface area contributed by atoms with Crippen LogP contribution in [0, 0.1) is 6.92 Å². The number of aromatic nitrogens is 5. The topological polar surface area (TPSA) is 104 Å². The summed E-state index contributed by atoms with van der Waals surface area (Å²) in [5.74, 6) is 1.38. The molecule has 0 saturated carbocycles. The molecule has 1 atom stereocenters. The van der Waals surface area contributed by atoms with Gasteiger partial charge in [0.15, 0.2) is 0 Å². The number of hydrogen-bond donors (Lipinski definition) is 1. The van der Waals surface area contributed by atoms with Crippen LogP contribution in [0.3, 0.4) is 0 Å². The largest absolute Gasteiger partial charge is 0.356 e. The maximum atomic E-state index is 13.4. The van der Waals surface area contributed by atoms with Gasteiger partial charge in [0.05, 0.1) is 12.1 Å². The third kappa shape index (κ3) is 3.35. The Balaban J connectivity index is 1.89. The molecule has 3 aromatic heterocycles. The highest BCUT2D eigenvalue weighted by atomic mass is 16.2. The highest BCUT2D eigenvalue weighted by molar-refractivity contribution is 5.81. The minimum atomic E-state index is -0.372. The molecule has 1 saturated heterocycles. The van der Waals surface area contributed by atoms with E-state index in [1.165, 1.54) is 9.13 Å². The summed E-state index contributed by atoms with van der Waals surface area (Å²) in [6.07, 6.45) is 3.66. The summed E-state index contributed by atoms with van der Waals surface area (Å²) < 4.78 is 4.74. The molecule has 0 bridgehead atoms. The van der Waals surface area contributed by atoms with Crippen LogP contribution in [0.1, 0.15) is 31.3 Å². The molecule has 9 heteroatoms. The van der Waals surface area contributed by atoms with Crippen molar-refractivity contribution in [1.82, 2.24) is 23.7 Å². The minimum absolute atomic E-state index is 0.0436. The summed E-state index contributed by atoms with van der Waals surface area (Å²) in [7, 11) is 1.70. The summed E-state index contributed by atoms with van der Waals surface area (Å²) in [6.45, 7) is 6.16. The fourth-order valence-corrected chi connectivity index (χ4v) is 4.16. The van der Waals surface area contributed by atoms with E-state index in [2.05, 4.69) is 14.9 Å². The van der Waals surface area contributed by atoms with E-state index in [1.54, 1.807) is 19.3 Å². The minimum Gasteiger partial charge on any atom is -0.356 e. The Labute approximate surface area is 168 Å². The standard InChI is InChI=1S/C20H27N7O2/c1-4-26-17(25-9-5-6-14(21)11-25)10-15-18(26)19(28)27(20(29)24(15)3)12-16-22-8-7-13(2)23-16/h7-8,10,14H,4-6,9,11-12,21H2,1-3H3/t14-/m1/s1. The first-order valence-corrected chi connectivity index (χ1v) is 10.0. The second kappa shape index (κ2) is 7.47. The van der Waals surface area contributed by atoms with Gasteiger partial charge in [0.1, 0.15) is 17.2 Å². The van der Waals surface area contributed by atoms with Crippen molar-refractivity contribution in [2.24, 2.45) is 12.8 Å². The van der Waals surface area contributed by atoms with E-state index in [-0.39, 0.29) is 23.8 Å². The fraction of sp³-hybridized carbons (Fsp3) is 0.500. The van der Waals surface area contributed by atoms with Crippen LogP contribution in [0.25, 0.3) is 11.0 Å². The van der Waals surface area contributed by atoms with Crippen LogP contribution in [-0.2, 0) is 20.1 Å². The maximum Gasteiger partial charge on any atom is 0.331 e. The molecule has 1 aliphatic heterocycles. The number of nitrogens with zero attached hydrogens (tertiary/aromatic N) is 6. The third-order valence-electron chi connectivity index (χ3n) is 5.62. The number of aryl methyl sites for hydroxylation is 3. The number of fused-ring (bicyclic) bond motifs is 1. The van der Waals surface area contributed by atoms with Gasteiger partial charge >= 0.3 is 5.69 Å². The first kappa shape index (κ1) is 19.4. The van der Waals surface area contributed by atoms with Crippen LogP contribution in [0.4, 0.5) is 5.82 Å². The molecule has 9 nitrogen and oxygen atoms in total. The molecule has 0 unspecified atom stereocenters. The van der Waals surface area contributed by atoms with E-state index in [0.29, 0.717) is 23.4 Å². The van der Waals surface area contributed by atoms with Crippen molar-refractivity contribution in [2.45, 2.75) is 45.8 Å². The smallest absolute Gasteiger partial charge is 0.331 e.